The predicted molar refractivity (Wildman–Crippen MR) is 364 cm³/mol. The quantitative estimate of drug-likeness (QED) is 0.0204. The minimum atomic E-state index is -1.78. The first-order valence-electron chi connectivity index (χ1n) is 36.7. The molecule has 2 aliphatic heterocycles. The lowest BCUT2D eigenvalue weighted by Gasteiger charge is -2.46. The maximum atomic E-state index is 13.3. The van der Waals surface area contributed by atoms with Crippen LogP contribution in [0.25, 0.3) is 0 Å². The predicted octanol–water partition coefficient (Wildman–Crippen LogP) is 15.4. The van der Waals surface area contributed by atoms with Crippen LogP contribution in [0.1, 0.15) is 303 Å². The highest BCUT2D eigenvalue weighted by Crippen LogP contribution is 2.30. The zero-order chi connectivity index (χ0) is 64.5. The topological polar surface area (TPSA) is 228 Å². The number of hydrogen-bond acceptors (Lipinski definition) is 13. The summed E-state index contributed by atoms with van der Waals surface area (Å²) in [7, 11) is 0. The molecule has 518 valence electrons. The van der Waals surface area contributed by atoms with E-state index in [1.807, 2.05) is 0 Å². The standard InChI is InChI=1S/C75H135NO13/c1-3-5-7-9-11-13-15-17-19-20-21-22-23-24-25-26-27-28-29-30-31-32-33-34-35-36-37-38-39-40-41-42-43-44-45-47-49-51-53-55-57-59-67(80)76-63(64(79)58-56-54-52-50-48-46-18-16-14-12-10-8-6-4-2)62-86-74-72(85)70(83)73(66(61-78)88-74)89-75-71(84)69(82)68(81)65(60-77)87-75/h5,7,11,13,17,19,21-22,24-25,27-28,63-66,68-75,77-79,81-85H,3-4,6,8-10,12,14-16,18,20,23,26,29-62H2,1-2H3,(H,76,80)/b7-5-,13-11-,19-17-,22-21-,25-24-,28-27-. The first-order valence-corrected chi connectivity index (χ1v) is 36.7. The Kier molecular flexibility index (Phi) is 54.9. The number of rotatable bonds is 60. The summed E-state index contributed by atoms with van der Waals surface area (Å²) in [6.07, 6.45) is 63.7. The highest BCUT2D eigenvalue weighted by atomic mass is 16.7. The van der Waals surface area contributed by atoms with Gasteiger partial charge in [-0.15, -0.1) is 0 Å². The van der Waals surface area contributed by atoms with Crippen LogP contribution in [0.15, 0.2) is 72.9 Å². The molecule has 2 saturated heterocycles. The van der Waals surface area contributed by atoms with E-state index < -0.39 is 86.8 Å². The Morgan fingerprint density at radius 3 is 1.19 bits per heavy atom. The summed E-state index contributed by atoms with van der Waals surface area (Å²) in [6, 6.07) is -0.828. The average Bonchev–Trinajstić information content (AvgIpc) is 2.74. The second-order valence-electron chi connectivity index (χ2n) is 25.7. The van der Waals surface area contributed by atoms with Crippen molar-refractivity contribution in [2.45, 2.75) is 376 Å². The molecule has 12 atom stereocenters. The van der Waals surface area contributed by atoms with Crippen molar-refractivity contribution in [3.8, 4) is 0 Å². The Labute approximate surface area is 542 Å². The number of hydrogen-bond donors (Lipinski definition) is 9. The van der Waals surface area contributed by atoms with Crippen LogP contribution >= 0.6 is 0 Å². The third kappa shape index (κ3) is 43.1. The van der Waals surface area contributed by atoms with Crippen molar-refractivity contribution < 1.29 is 64.6 Å². The minimum Gasteiger partial charge on any atom is -0.394 e. The number of amides is 1. The molecular formula is C75H135NO13. The largest absolute Gasteiger partial charge is 0.394 e. The maximum Gasteiger partial charge on any atom is 0.220 e. The number of nitrogens with one attached hydrogen (secondary N) is 1. The zero-order valence-corrected chi connectivity index (χ0v) is 56.4. The van der Waals surface area contributed by atoms with Gasteiger partial charge in [0.2, 0.25) is 5.91 Å². The summed E-state index contributed by atoms with van der Waals surface area (Å²) in [5, 5.41) is 87.5. The molecule has 0 aliphatic carbocycles. The van der Waals surface area contributed by atoms with Gasteiger partial charge < -0.3 is 65.1 Å². The van der Waals surface area contributed by atoms with Gasteiger partial charge in [0, 0.05) is 6.42 Å². The van der Waals surface area contributed by atoms with E-state index in [1.54, 1.807) is 0 Å². The lowest BCUT2D eigenvalue weighted by atomic mass is 9.97. The van der Waals surface area contributed by atoms with E-state index in [1.165, 1.54) is 186 Å². The first kappa shape index (κ1) is 82.5. The number of unbranched alkanes of at least 4 members (excludes halogenated alkanes) is 35. The Morgan fingerprint density at radius 2 is 0.775 bits per heavy atom. The number of ether oxygens (including phenoxy) is 4. The molecule has 0 saturated carbocycles. The van der Waals surface area contributed by atoms with Crippen molar-refractivity contribution in [3.05, 3.63) is 72.9 Å². The van der Waals surface area contributed by atoms with Crippen molar-refractivity contribution in [1.82, 2.24) is 5.32 Å². The fraction of sp³-hybridized carbons (Fsp3) is 0.827. The molecule has 2 heterocycles. The van der Waals surface area contributed by atoms with Crippen LogP contribution in [0.2, 0.25) is 0 Å². The molecule has 0 radical (unpaired) electrons. The van der Waals surface area contributed by atoms with Crippen molar-refractivity contribution in [1.29, 1.82) is 0 Å². The molecule has 89 heavy (non-hydrogen) atoms. The van der Waals surface area contributed by atoms with Crippen molar-refractivity contribution in [3.63, 3.8) is 0 Å². The fourth-order valence-electron chi connectivity index (χ4n) is 11.9. The molecule has 1 amide bonds. The van der Waals surface area contributed by atoms with Gasteiger partial charge in [-0.2, -0.15) is 0 Å². The number of carbonyl (C=O) groups excluding carboxylic acids is 1. The van der Waals surface area contributed by atoms with E-state index in [-0.39, 0.29) is 12.5 Å². The molecule has 0 aromatic heterocycles. The molecule has 2 rings (SSSR count). The monoisotopic (exact) mass is 1260 g/mol. The first-order chi connectivity index (χ1) is 43.6. The Balaban J connectivity index is 1.54. The second kappa shape index (κ2) is 59.2. The highest BCUT2D eigenvalue weighted by molar-refractivity contribution is 5.76. The van der Waals surface area contributed by atoms with Crippen LogP contribution in [-0.2, 0) is 23.7 Å². The van der Waals surface area contributed by atoms with Crippen molar-refractivity contribution >= 4 is 5.91 Å². The van der Waals surface area contributed by atoms with Crippen LogP contribution in [0.4, 0.5) is 0 Å². The third-order valence-electron chi connectivity index (χ3n) is 17.7. The number of aliphatic hydroxyl groups excluding tert-OH is 8. The van der Waals surface area contributed by atoms with Crippen molar-refractivity contribution in [2.75, 3.05) is 19.8 Å². The van der Waals surface area contributed by atoms with Gasteiger partial charge in [-0.3, -0.25) is 4.79 Å². The Morgan fingerprint density at radius 1 is 0.416 bits per heavy atom. The summed E-state index contributed by atoms with van der Waals surface area (Å²) in [5.41, 5.74) is 0. The number of allylic oxidation sites excluding steroid dienone is 12. The Bertz CT molecular complexity index is 1770. The molecule has 9 N–H and O–H groups in total. The van der Waals surface area contributed by atoms with Gasteiger partial charge in [0.1, 0.15) is 48.8 Å². The summed E-state index contributed by atoms with van der Waals surface area (Å²) in [6.45, 7) is 2.77. The maximum absolute atomic E-state index is 13.3. The molecule has 2 aliphatic rings. The minimum absolute atomic E-state index is 0.203. The molecule has 0 spiro atoms. The van der Waals surface area contributed by atoms with Crippen LogP contribution < -0.4 is 5.32 Å². The molecule has 2 fully saturated rings. The Hall–Kier alpha value is -2.57. The number of aliphatic hydroxyl groups is 8. The SMILES string of the molecule is CC/C=C\C/C=C\C/C=C\C/C=C\C/C=C\C/C=C\CCCCCCCCCCCCCCCCCCCCCCCCC(=O)NC(COC1OC(CO)C(OC2OC(CO)C(O)C(O)C2O)C(O)C1O)C(O)CCCCCCCCCCCCCCCC. The van der Waals surface area contributed by atoms with Crippen LogP contribution in [-0.4, -0.2) is 140 Å². The summed E-state index contributed by atoms with van der Waals surface area (Å²) >= 11 is 0. The van der Waals surface area contributed by atoms with Gasteiger partial charge in [0.05, 0.1) is 32.0 Å². The molecule has 12 unspecified atom stereocenters. The van der Waals surface area contributed by atoms with E-state index in [0.717, 1.165) is 89.9 Å². The molecule has 0 aromatic carbocycles. The fourth-order valence-corrected chi connectivity index (χ4v) is 11.9. The van der Waals surface area contributed by atoms with E-state index in [9.17, 15) is 45.6 Å². The average molecular weight is 1260 g/mol. The third-order valence-corrected chi connectivity index (χ3v) is 17.7. The smallest absolute Gasteiger partial charge is 0.220 e. The summed E-state index contributed by atoms with van der Waals surface area (Å²) in [4.78, 5) is 13.3. The van der Waals surface area contributed by atoms with Gasteiger partial charge in [0.25, 0.3) is 0 Å². The van der Waals surface area contributed by atoms with Crippen LogP contribution in [0.3, 0.4) is 0 Å². The van der Waals surface area contributed by atoms with Gasteiger partial charge >= 0.3 is 0 Å². The van der Waals surface area contributed by atoms with Gasteiger partial charge in [-0.05, 0) is 64.2 Å². The summed E-state index contributed by atoms with van der Waals surface area (Å²) in [5.74, 6) is -0.203. The molecule has 0 bridgehead atoms. The van der Waals surface area contributed by atoms with Crippen LogP contribution in [0, 0.1) is 0 Å². The van der Waals surface area contributed by atoms with Crippen LogP contribution in [0.5, 0.6) is 0 Å². The van der Waals surface area contributed by atoms with Gasteiger partial charge in [-0.1, -0.05) is 305 Å². The molecular weight excluding hydrogens is 1120 g/mol. The van der Waals surface area contributed by atoms with Crippen molar-refractivity contribution in [2.24, 2.45) is 0 Å². The molecule has 14 nitrogen and oxygen atoms in total. The van der Waals surface area contributed by atoms with E-state index in [0.29, 0.717) is 12.8 Å². The molecule has 14 heteroatoms. The number of carbonyl (C=O) groups is 1. The summed E-state index contributed by atoms with van der Waals surface area (Å²) < 4.78 is 22.9. The second-order valence-corrected chi connectivity index (χ2v) is 25.7. The molecule has 0 aromatic rings. The highest BCUT2D eigenvalue weighted by Gasteiger charge is 2.51. The van der Waals surface area contributed by atoms with Gasteiger partial charge in [0.15, 0.2) is 12.6 Å². The normalized spacial score (nSPS) is 23.4. The lowest BCUT2D eigenvalue weighted by Crippen LogP contribution is -2.65. The van der Waals surface area contributed by atoms with E-state index >= 15 is 0 Å². The van der Waals surface area contributed by atoms with E-state index in [2.05, 4.69) is 92.1 Å². The zero-order valence-electron chi connectivity index (χ0n) is 56.4. The van der Waals surface area contributed by atoms with Gasteiger partial charge in [-0.25, -0.2) is 0 Å². The lowest BCUT2D eigenvalue weighted by molar-refractivity contribution is -0.359. The van der Waals surface area contributed by atoms with E-state index in [4.69, 9.17) is 18.9 Å².